The Morgan fingerprint density at radius 1 is 1.62 bits per heavy atom. The highest BCUT2D eigenvalue weighted by Crippen LogP contribution is 2.20. The predicted octanol–water partition coefficient (Wildman–Crippen LogP) is 2.89. The van der Waals surface area contributed by atoms with Crippen LogP contribution in [0, 0.1) is 6.92 Å². The lowest BCUT2D eigenvalue weighted by atomic mass is 10.1. The van der Waals surface area contributed by atoms with E-state index in [9.17, 15) is 4.79 Å². The van der Waals surface area contributed by atoms with Crippen LogP contribution in [0.3, 0.4) is 0 Å². The zero-order chi connectivity index (χ0) is 9.84. The quantitative estimate of drug-likeness (QED) is 0.528. The molecule has 0 fully saturated rings. The fourth-order valence-electron chi connectivity index (χ4n) is 0.914. The van der Waals surface area contributed by atoms with E-state index in [4.69, 9.17) is 11.6 Å². The number of amides is 1. The van der Waals surface area contributed by atoms with Crippen LogP contribution in [0.5, 0.6) is 0 Å². The number of rotatable bonds is 1. The number of nitrogens with zero attached hydrogens (tertiary/aromatic N) is 1. The molecule has 0 aliphatic rings. The number of hydrogen-bond donors (Lipinski definition) is 0. The molecule has 0 aliphatic heterocycles. The molecule has 0 saturated carbocycles. The first kappa shape index (κ1) is 10.1. The standard InChI is InChI=1S/C9H6ClNOS/c1-6-3-2-4-7(8(6)10)9(12)11-5-13/h2-4H,1H3. The molecule has 0 atom stereocenters. The monoisotopic (exact) mass is 211 g/mol. The Balaban J connectivity index is 3.22. The summed E-state index contributed by atoms with van der Waals surface area (Å²) in [6.45, 7) is 1.82. The van der Waals surface area contributed by atoms with Crippen LogP contribution in [0.15, 0.2) is 23.2 Å². The fourth-order valence-corrected chi connectivity index (χ4v) is 1.20. The Kier molecular flexibility index (Phi) is 3.32. The van der Waals surface area contributed by atoms with Crippen LogP contribution < -0.4 is 0 Å². The van der Waals surface area contributed by atoms with Crippen molar-refractivity contribution in [3.8, 4) is 0 Å². The van der Waals surface area contributed by atoms with Crippen molar-refractivity contribution in [2.75, 3.05) is 0 Å². The maximum Gasteiger partial charge on any atom is 0.287 e. The van der Waals surface area contributed by atoms with Gasteiger partial charge in [-0.3, -0.25) is 4.79 Å². The molecule has 13 heavy (non-hydrogen) atoms. The molecule has 2 nitrogen and oxygen atoms in total. The second kappa shape index (κ2) is 4.28. The Hall–Kier alpha value is -1.02. The maximum atomic E-state index is 11.2. The molecule has 4 heteroatoms. The highest BCUT2D eigenvalue weighted by molar-refractivity contribution is 7.78. The third kappa shape index (κ3) is 2.22. The van der Waals surface area contributed by atoms with Gasteiger partial charge in [-0.2, -0.15) is 4.99 Å². The molecule has 1 rings (SSSR count). The first-order valence-electron chi connectivity index (χ1n) is 3.54. The van der Waals surface area contributed by atoms with E-state index in [1.807, 2.05) is 18.2 Å². The van der Waals surface area contributed by atoms with Crippen molar-refractivity contribution in [3.63, 3.8) is 0 Å². The summed E-state index contributed by atoms with van der Waals surface area (Å²) in [6.07, 6.45) is 0. The molecule has 0 bridgehead atoms. The topological polar surface area (TPSA) is 29.4 Å². The van der Waals surface area contributed by atoms with Gasteiger partial charge in [0.25, 0.3) is 5.91 Å². The molecular weight excluding hydrogens is 206 g/mol. The van der Waals surface area contributed by atoms with Crippen molar-refractivity contribution in [1.29, 1.82) is 0 Å². The summed E-state index contributed by atoms with van der Waals surface area (Å²) in [5.74, 6) is -0.455. The minimum atomic E-state index is -0.455. The first-order chi connectivity index (χ1) is 6.16. The number of thiocarbonyl (C=S) groups is 1. The predicted molar refractivity (Wildman–Crippen MR) is 55.5 cm³/mol. The highest BCUT2D eigenvalue weighted by atomic mass is 35.5. The van der Waals surface area contributed by atoms with Gasteiger partial charge in [0.1, 0.15) is 0 Å². The van der Waals surface area contributed by atoms with Gasteiger partial charge in [0.2, 0.25) is 0 Å². The van der Waals surface area contributed by atoms with E-state index in [1.165, 1.54) is 0 Å². The van der Waals surface area contributed by atoms with Gasteiger partial charge in [-0.25, -0.2) is 0 Å². The van der Waals surface area contributed by atoms with E-state index in [-0.39, 0.29) is 0 Å². The van der Waals surface area contributed by atoms with Crippen LogP contribution in [0.1, 0.15) is 15.9 Å². The molecule has 0 heterocycles. The molecule has 0 unspecified atom stereocenters. The number of isothiocyanates is 1. The van der Waals surface area contributed by atoms with Crippen molar-refractivity contribution in [2.45, 2.75) is 6.92 Å². The highest BCUT2D eigenvalue weighted by Gasteiger charge is 2.09. The van der Waals surface area contributed by atoms with Crippen molar-refractivity contribution >= 4 is 34.9 Å². The van der Waals surface area contributed by atoms with Crippen molar-refractivity contribution in [1.82, 2.24) is 0 Å². The van der Waals surface area contributed by atoms with Crippen molar-refractivity contribution < 1.29 is 4.79 Å². The second-order valence-electron chi connectivity index (χ2n) is 2.44. The van der Waals surface area contributed by atoms with Crippen LogP contribution in [0.4, 0.5) is 0 Å². The number of halogens is 1. The number of hydrogen-bond acceptors (Lipinski definition) is 2. The molecule has 1 aromatic carbocycles. The molecule has 0 N–H and O–H groups in total. The molecule has 0 aliphatic carbocycles. The molecule has 66 valence electrons. The summed E-state index contributed by atoms with van der Waals surface area (Å²) in [5.41, 5.74) is 1.20. The molecule has 0 radical (unpaired) electrons. The lowest BCUT2D eigenvalue weighted by molar-refractivity contribution is 0.100. The summed E-state index contributed by atoms with van der Waals surface area (Å²) in [7, 11) is 0. The van der Waals surface area contributed by atoms with E-state index in [0.717, 1.165) is 5.56 Å². The number of aryl methyl sites for hydroxylation is 1. The summed E-state index contributed by atoms with van der Waals surface area (Å²) >= 11 is 10.2. The SMILES string of the molecule is Cc1cccc(C(=O)N=C=S)c1Cl. The van der Waals surface area contributed by atoms with E-state index < -0.39 is 5.91 Å². The average molecular weight is 212 g/mol. The normalized spacial score (nSPS) is 9.08. The molecule has 0 spiro atoms. The Morgan fingerprint density at radius 2 is 2.31 bits per heavy atom. The smallest absolute Gasteiger partial charge is 0.266 e. The summed E-state index contributed by atoms with van der Waals surface area (Å²) < 4.78 is 0. The molecular formula is C9H6ClNOS. The second-order valence-corrected chi connectivity index (χ2v) is 3.01. The fraction of sp³-hybridized carbons (Fsp3) is 0.111. The van der Waals surface area contributed by atoms with Gasteiger partial charge in [0, 0.05) is 0 Å². The lowest BCUT2D eigenvalue weighted by Gasteiger charge is -2.00. The molecule has 0 aromatic heterocycles. The van der Waals surface area contributed by atoms with E-state index in [2.05, 4.69) is 17.2 Å². The summed E-state index contributed by atoms with van der Waals surface area (Å²) in [6, 6.07) is 5.17. The Labute approximate surface area is 86.2 Å². The van der Waals surface area contributed by atoms with E-state index in [0.29, 0.717) is 10.6 Å². The summed E-state index contributed by atoms with van der Waals surface area (Å²) in [5, 5.41) is 2.43. The minimum absolute atomic E-state index is 0.360. The third-order valence-electron chi connectivity index (χ3n) is 1.57. The minimum Gasteiger partial charge on any atom is -0.266 e. The average Bonchev–Trinajstić information content (AvgIpc) is 2.10. The largest absolute Gasteiger partial charge is 0.287 e. The third-order valence-corrected chi connectivity index (χ3v) is 2.16. The number of carbonyl (C=O) groups is 1. The Bertz CT molecular complexity index is 397. The zero-order valence-electron chi connectivity index (χ0n) is 6.87. The number of carbonyl (C=O) groups excluding carboxylic acids is 1. The molecule has 0 saturated heterocycles. The first-order valence-corrected chi connectivity index (χ1v) is 4.32. The van der Waals surface area contributed by atoms with Gasteiger partial charge in [-0.1, -0.05) is 23.7 Å². The van der Waals surface area contributed by atoms with E-state index >= 15 is 0 Å². The van der Waals surface area contributed by atoms with Crippen molar-refractivity contribution in [2.24, 2.45) is 4.99 Å². The van der Waals surface area contributed by atoms with Crippen LogP contribution in [-0.2, 0) is 0 Å². The van der Waals surface area contributed by atoms with Gasteiger partial charge < -0.3 is 0 Å². The van der Waals surface area contributed by atoms with Crippen LogP contribution in [0.2, 0.25) is 5.02 Å². The Morgan fingerprint density at radius 3 is 2.92 bits per heavy atom. The van der Waals surface area contributed by atoms with Gasteiger partial charge in [0.15, 0.2) is 0 Å². The lowest BCUT2D eigenvalue weighted by Crippen LogP contribution is -1.96. The van der Waals surface area contributed by atoms with Crippen LogP contribution in [-0.4, -0.2) is 11.1 Å². The van der Waals surface area contributed by atoms with Crippen LogP contribution in [0.25, 0.3) is 0 Å². The number of aliphatic imine (C=N–C) groups is 1. The zero-order valence-corrected chi connectivity index (χ0v) is 8.45. The van der Waals surface area contributed by atoms with Gasteiger partial charge in [-0.15, -0.1) is 0 Å². The van der Waals surface area contributed by atoms with Gasteiger partial charge in [0.05, 0.1) is 15.7 Å². The van der Waals surface area contributed by atoms with E-state index in [1.54, 1.807) is 12.1 Å². The van der Waals surface area contributed by atoms with Gasteiger partial charge in [-0.05, 0) is 30.8 Å². The molecule has 1 aromatic rings. The molecule has 1 amide bonds. The maximum absolute atomic E-state index is 11.2. The van der Waals surface area contributed by atoms with Crippen LogP contribution >= 0.6 is 23.8 Å². The van der Waals surface area contributed by atoms with Crippen molar-refractivity contribution in [3.05, 3.63) is 34.3 Å². The van der Waals surface area contributed by atoms with Gasteiger partial charge >= 0.3 is 0 Å². The summed E-state index contributed by atoms with van der Waals surface area (Å²) in [4.78, 5) is 14.6. The number of benzene rings is 1.